The van der Waals surface area contributed by atoms with E-state index in [0.717, 1.165) is 9.86 Å². The van der Waals surface area contributed by atoms with Gasteiger partial charge < -0.3 is 10.2 Å². The molecule has 5 nitrogen and oxygen atoms in total. The highest BCUT2D eigenvalue weighted by molar-refractivity contribution is 9.10. The van der Waals surface area contributed by atoms with Gasteiger partial charge in [-0.05, 0) is 36.4 Å². The van der Waals surface area contributed by atoms with Crippen LogP contribution in [0.15, 0.2) is 62.4 Å². The Morgan fingerprint density at radius 2 is 2.00 bits per heavy atom. The lowest BCUT2D eigenvalue weighted by Crippen LogP contribution is -2.21. The predicted octanol–water partition coefficient (Wildman–Crippen LogP) is 3.40. The van der Waals surface area contributed by atoms with E-state index in [4.69, 9.17) is 15.4 Å². The largest absolute Gasteiger partial charge is 0.438 e. The van der Waals surface area contributed by atoms with E-state index < -0.39 is 5.91 Å². The van der Waals surface area contributed by atoms with Crippen LogP contribution in [-0.4, -0.2) is 5.91 Å². The molecule has 3 aromatic rings. The molecule has 0 fully saturated rings. The number of rotatable bonds is 2. The van der Waals surface area contributed by atoms with Gasteiger partial charge in [0.2, 0.25) is 5.55 Å². The van der Waals surface area contributed by atoms with Crippen molar-refractivity contribution in [3.05, 3.63) is 69.7 Å². The summed E-state index contributed by atoms with van der Waals surface area (Å²) in [5.74, 6) is -0.649. The topological polar surface area (TPSA) is 92.4 Å². The van der Waals surface area contributed by atoms with Gasteiger partial charge in [0, 0.05) is 9.86 Å². The third kappa shape index (κ3) is 3.00. The van der Waals surface area contributed by atoms with Gasteiger partial charge in [-0.2, -0.15) is 5.26 Å². The normalized spacial score (nSPS) is 11.4. The predicted molar refractivity (Wildman–Crippen MR) is 88.8 cm³/mol. The zero-order valence-electron chi connectivity index (χ0n) is 11.8. The average Bonchev–Trinajstić information content (AvgIpc) is 2.54. The van der Waals surface area contributed by atoms with E-state index in [-0.39, 0.29) is 11.1 Å². The molecule has 0 radical (unpaired) electrons. The van der Waals surface area contributed by atoms with Crippen LogP contribution in [0.2, 0.25) is 0 Å². The van der Waals surface area contributed by atoms with Gasteiger partial charge in [0.25, 0.3) is 5.91 Å². The van der Waals surface area contributed by atoms with Gasteiger partial charge in [-0.25, -0.2) is 4.99 Å². The van der Waals surface area contributed by atoms with Gasteiger partial charge >= 0.3 is 0 Å². The Hall–Kier alpha value is -2.91. The molecule has 0 saturated carbocycles. The Balaban J connectivity index is 2.33. The van der Waals surface area contributed by atoms with Crippen LogP contribution in [0.4, 0.5) is 5.69 Å². The minimum atomic E-state index is -0.649. The molecule has 1 amide bonds. The molecule has 23 heavy (non-hydrogen) atoms. The van der Waals surface area contributed by atoms with Crippen LogP contribution in [0.3, 0.4) is 0 Å². The molecule has 3 rings (SSSR count). The first-order valence-electron chi connectivity index (χ1n) is 6.65. The number of fused-ring (bicyclic) bond motifs is 1. The first-order chi connectivity index (χ1) is 11.1. The lowest BCUT2D eigenvalue weighted by atomic mass is 10.1. The number of carbonyl (C=O) groups excluding carboxylic acids is 1. The summed E-state index contributed by atoms with van der Waals surface area (Å²) in [5, 5.41) is 9.86. The maximum absolute atomic E-state index is 11.7. The van der Waals surface area contributed by atoms with Gasteiger partial charge in [-0.3, -0.25) is 4.79 Å². The zero-order chi connectivity index (χ0) is 16.4. The average molecular weight is 368 g/mol. The smallest absolute Gasteiger partial charge is 0.254 e. The second kappa shape index (κ2) is 6.07. The summed E-state index contributed by atoms with van der Waals surface area (Å²) < 4.78 is 6.57. The molecule has 0 saturated heterocycles. The van der Waals surface area contributed by atoms with Crippen molar-refractivity contribution in [3.8, 4) is 6.07 Å². The molecule has 2 N–H and O–H groups in total. The molecule has 0 spiro atoms. The summed E-state index contributed by atoms with van der Waals surface area (Å²) in [6.45, 7) is 0. The third-order valence-corrected chi connectivity index (χ3v) is 3.71. The second-order valence-corrected chi connectivity index (χ2v) is 5.67. The molecular weight excluding hydrogens is 358 g/mol. The molecule has 0 aliphatic rings. The monoisotopic (exact) mass is 367 g/mol. The summed E-state index contributed by atoms with van der Waals surface area (Å²) in [4.78, 5) is 16.0. The first kappa shape index (κ1) is 15.0. The molecule has 0 aliphatic carbocycles. The number of nitriles is 1. The van der Waals surface area contributed by atoms with Gasteiger partial charge in [0.1, 0.15) is 17.2 Å². The highest BCUT2D eigenvalue weighted by Gasteiger charge is 2.10. The van der Waals surface area contributed by atoms with Crippen LogP contribution in [0.5, 0.6) is 0 Å². The molecular formula is C17H10BrN3O2. The molecule has 0 aliphatic heterocycles. The Morgan fingerprint density at radius 3 is 2.74 bits per heavy atom. The number of primary amides is 1. The van der Waals surface area contributed by atoms with Gasteiger partial charge in [-0.15, -0.1) is 0 Å². The van der Waals surface area contributed by atoms with Crippen LogP contribution in [0, 0.1) is 11.3 Å². The number of hydrogen-bond acceptors (Lipinski definition) is 4. The Kier molecular flexibility index (Phi) is 3.96. The minimum absolute atomic E-state index is 0.0787. The van der Waals surface area contributed by atoms with Gasteiger partial charge in [-0.1, -0.05) is 28.1 Å². The maximum Gasteiger partial charge on any atom is 0.254 e. The SMILES string of the molecule is N#Cc1ccccc1N=c1oc2ccc(Br)cc2cc1C(N)=O. The number of hydrogen-bond donors (Lipinski definition) is 1. The van der Waals surface area contributed by atoms with Crippen molar-refractivity contribution >= 4 is 38.5 Å². The summed E-state index contributed by atoms with van der Waals surface area (Å²) in [6.07, 6.45) is 0. The van der Waals surface area contributed by atoms with E-state index in [9.17, 15) is 4.79 Å². The van der Waals surface area contributed by atoms with Crippen LogP contribution in [0.1, 0.15) is 15.9 Å². The highest BCUT2D eigenvalue weighted by Crippen LogP contribution is 2.21. The van der Waals surface area contributed by atoms with E-state index in [1.807, 2.05) is 12.1 Å². The van der Waals surface area contributed by atoms with Gasteiger partial charge in [0.15, 0.2) is 0 Å². The fourth-order valence-corrected chi connectivity index (χ4v) is 2.51. The van der Waals surface area contributed by atoms with Crippen LogP contribution >= 0.6 is 15.9 Å². The van der Waals surface area contributed by atoms with Crippen molar-refractivity contribution in [1.29, 1.82) is 5.26 Å². The van der Waals surface area contributed by atoms with Crippen molar-refractivity contribution in [3.63, 3.8) is 0 Å². The quantitative estimate of drug-likeness (QED) is 0.751. The van der Waals surface area contributed by atoms with Gasteiger partial charge in [0.05, 0.1) is 11.3 Å². The summed E-state index contributed by atoms with van der Waals surface area (Å²) >= 11 is 3.37. The van der Waals surface area contributed by atoms with Crippen molar-refractivity contribution in [2.24, 2.45) is 10.7 Å². The highest BCUT2D eigenvalue weighted by atomic mass is 79.9. The fraction of sp³-hybridized carbons (Fsp3) is 0. The summed E-state index contributed by atoms with van der Waals surface area (Å²) in [5.41, 5.74) is 7.03. The number of nitrogens with two attached hydrogens (primary N) is 1. The number of halogens is 1. The van der Waals surface area contributed by atoms with Crippen molar-refractivity contribution < 1.29 is 9.21 Å². The van der Waals surface area contributed by atoms with E-state index in [2.05, 4.69) is 27.0 Å². The van der Waals surface area contributed by atoms with Crippen LogP contribution < -0.4 is 11.3 Å². The molecule has 6 heteroatoms. The lowest BCUT2D eigenvalue weighted by molar-refractivity contribution is 0.0996. The summed E-state index contributed by atoms with van der Waals surface area (Å²) in [6, 6.07) is 15.9. The lowest BCUT2D eigenvalue weighted by Gasteiger charge is -2.03. The second-order valence-electron chi connectivity index (χ2n) is 4.75. The van der Waals surface area contributed by atoms with E-state index in [1.54, 1.807) is 36.4 Å². The minimum Gasteiger partial charge on any atom is -0.438 e. The molecule has 0 unspecified atom stereocenters. The van der Waals surface area contributed by atoms with Crippen molar-refractivity contribution in [2.75, 3.05) is 0 Å². The molecule has 2 aromatic carbocycles. The third-order valence-electron chi connectivity index (χ3n) is 3.22. The van der Waals surface area contributed by atoms with E-state index in [1.165, 1.54) is 0 Å². The number of amides is 1. The standard InChI is InChI=1S/C17H10BrN3O2/c18-12-5-6-15-11(7-12)8-13(16(20)22)17(23-15)21-14-4-2-1-3-10(14)9-19/h1-8H,(H2,20,22). The first-order valence-corrected chi connectivity index (χ1v) is 7.45. The van der Waals surface area contributed by atoms with E-state index >= 15 is 0 Å². The number of para-hydroxylation sites is 1. The van der Waals surface area contributed by atoms with Crippen LogP contribution in [0.25, 0.3) is 11.0 Å². The van der Waals surface area contributed by atoms with Crippen molar-refractivity contribution in [1.82, 2.24) is 0 Å². The molecule has 0 atom stereocenters. The summed E-state index contributed by atoms with van der Waals surface area (Å²) in [7, 11) is 0. The Morgan fingerprint density at radius 1 is 1.22 bits per heavy atom. The Labute approximate surface area is 139 Å². The fourth-order valence-electron chi connectivity index (χ4n) is 2.14. The van der Waals surface area contributed by atoms with Crippen molar-refractivity contribution in [2.45, 2.75) is 0 Å². The molecule has 1 aromatic heterocycles. The molecule has 112 valence electrons. The number of benzene rings is 2. The Bertz CT molecular complexity index is 1030. The molecule has 1 heterocycles. The number of carbonyl (C=O) groups is 1. The number of nitrogens with zero attached hydrogens (tertiary/aromatic N) is 2. The van der Waals surface area contributed by atoms with Crippen LogP contribution in [-0.2, 0) is 0 Å². The molecule has 0 bridgehead atoms. The van der Waals surface area contributed by atoms with E-state index in [0.29, 0.717) is 16.8 Å². The maximum atomic E-state index is 11.7. The zero-order valence-corrected chi connectivity index (χ0v) is 13.4.